The van der Waals surface area contributed by atoms with Crippen LogP contribution in [0.2, 0.25) is 5.02 Å². The number of halogens is 2. The van der Waals surface area contributed by atoms with E-state index >= 15 is 0 Å². The Labute approximate surface area is 167 Å². The van der Waals surface area contributed by atoms with Gasteiger partial charge in [0.05, 0.1) is 17.7 Å². The summed E-state index contributed by atoms with van der Waals surface area (Å²) in [5, 5.41) is 8.50. The van der Waals surface area contributed by atoms with Gasteiger partial charge in [0.15, 0.2) is 5.82 Å². The molecule has 2 heterocycles. The molecule has 0 saturated carbocycles. The number of nitrogens with two attached hydrogens (primary N) is 1. The van der Waals surface area contributed by atoms with E-state index in [-0.39, 0.29) is 17.4 Å². The fraction of sp³-hybridized carbons (Fsp3) is 0.368. The molecule has 1 saturated heterocycles. The number of carbonyl (C=O) groups excluding carboxylic acids is 2. The van der Waals surface area contributed by atoms with Crippen molar-refractivity contribution < 1.29 is 14.0 Å². The molecule has 1 aliphatic heterocycles. The molecular weight excluding hydrogens is 385 g/mol. The monoisotopic (exact) mass is 405 g/mol. The number of benzene rings is 1. The minimum Gasteiger partial charge on any atom is -0.365 e. The Hall–Kier alpha value is -2.74. The lowest BCUT2D eigenvalue weighted by Crippen LogP contribution is -2.50. The van der Waals surface area contributed by atoms with Gasteiger partial charge >= 0.3 is 0 Å². The van der Waals surface area contributed by atoms with Gasteiger partial charge in [0.25, 0.3) is 5.91 Å². The number of carbonyl (C=O) groups is 2. The number of primary amides is 1. The third-order valence-electron chi connectivity index (χ3n) is 4.97. The Balaban J connectivity index is 1.69. The van der Waals surface area contributed by atoms with Gasteiger partial charge in [-0.25, -0.2) is 4.39 Å². The van der Waals surface area contributed by atoms with Gasteiger partial charge < -0.3 is 15.5 Å². The maximum absolute atomic E-state index is 13.2. The first-order valence-corrected chi connectivity index (χ1v) is 9.26. The summed E-state index contributed by atoms with van der Waals surface area (Å²) in [5.41, 5.74) is 7.86. The second-order valence-corrected chi connectivity index (χ2v) is 7.16. The summed E-state index contributed by atoms with van der Waals surface area (Å²) >= 11 is 6.01. The van der Waals surface area contributed by atoms with Crippen molar-refractivity contribution in [1.29, 1.82) is 0 Å². The van der Waals surface area contributed by atoms with Crippen molar-refractivity contribution >= 4 is 29.2 Å². The predicted octanol–water partition coefficient (Wildman–Crippen LogP) is 1.88. The van der Waals surface area contributed by atoms with E-state index in [0.29, 0.717) is 54.4 Å². The number of amides is 2. The largest absolute Gasteiger partial charge is 0.365 e. The highest BCUT2D eigenvalue weighted by atomic mass is 35.5. The van der Waals surface area contributed by atoms with Crippen molar-refractivity contribution in [2.75, 3.05) is 31.1 Å². The average molecular weight is 406 g/mol. The maximum Gasteiger partial charge on any atom is 0.252 e. The standard InChI is InChI=1S/C19H21ClFN5O2/c1-11-12(2)23-24-19(17(11)18(22)28)26-7-5-25(6-8-26)16(27)9-13-3-4-14(21)10-15(13)20/h3-4,10H,5-9H2,1-2H3,(H2,22,28). The van der Waals surface area contributed by atoms with Gasteiger partial charge in [-0.2, -0.15) is 5.10 Å². The number of hydrogen-bond donors (Lipinski definition) is 1. The number of aromatic nitrogens is 2. The van der Waals surface area contributed by atoms with Gasteiger partial charge in [-0.1, -0.05) is 17.7 Å². The third-order valence-corrected chi connectivity index (χ3v) is 5.32. The summed E-state index contributed by atoms with van der Waals surface area (Å²) in [4.78, 5) is 28.1. The van der Waals surface area contributed by atoms with Crippen LogP contribution in [0.25, 0.3) is 0 Å². The lowest BCUT2D eigenvalue weighted by atomic mass is 10.1. The number of hydrogen-bond acceptors (Lipinski definition) is 5. The minimum atomic E-state index is -0.546. The molecule has 9 heteroatoms. The van der Waals surface area contributed by atoms with Crippen LogP contribution < -0.4 is 10.6 Å². The fourth-order valence-corrected chi connectivity index (χ4v) is 3.45. The van der Waals surface area contributed by atoms with Gasteiger partial charge in [-0.3, -0.25) is 9.59 Å². The molecule has 0 unspecified atom stereocenters. The summed E-state index contributed by atoms with van der Waals surface area (Å²) in [7, 11) is 0. The summed E-state index contributed by atoms with van der Waals surface area (Å²) in [6.07, 6.45) is 0.106. The van der Waals surface area contributed by atoms with Crippen molar-refractivity contribution in [2.24, 2.45) is 5.73 Å². The summed E-state index contributed by atoms with van der Waals surface area (Å²) in [6.45, 7) is 5.49. The van der Waals surface area contributed by atoms with Gasteiger partial charge in [-0.15, -0.1) is 5.10 Å². The van der Waals surface area contributed by atoms with Crippen LogP contribution in [-0.4, -0.2) is 53.1 Å². The Morgan fingerprint density at radius 3 is 2.46 bits per heavy atom. The molecule has 7 nitrogen and oxygen atoms in total. The molecule has 0 bridgehead atoms. The van der Waals surface area contributed by atoms with Crippen molar-refractivity contribution in [2.45, 2.75) is 20.3 Å². The number of rotatable bonds is 4. The summed E-state index contributed by atoms with van der Waals surface area (Å²) < 4.78 is 13.2. The second-order valence-electron chi connectivity index (χ2n) is 6.75. The Bertz CT molecular complexity index is 929. The van der Waals surface area contributed by atoms with Crippen molar-refractivity contribution in [3.63, 3.8) is 0 Å². The second kappa shape index (κ2) is 8.10. The third kappa shape index (κ3) is 4.06. The zero-order chi connectivity index (χ0) is 20.4. The topological polar surface area (TPSA) is 92.4 Å². The van der Waals surface area contributed by atoms with Crippen LogP contribution in [0.15, 0.2) is 18.2 Å². The average Bonchev–Trinajstić information content (AvgIpc) is 2.66. The molecular formula is C19H21ClFN5O2. The van der Waals surface area contributed by atoms with Crippen molar-refractivity contribution in [3.05, 3.63) is 51.4 Å². The lowest BCUT2D eigenvalue weighted by molar-refractivity contribution is -0.130. The molecule has 1 aliphatic rings. The number of anilines is 1. The Kier molecular flexibility index (Phi) is 5.79. The molecule has 1 aromatic carbocycles. The number of piperazine rings is 1. The zero-order valence-electron chi connectivity index (χ0n) is 15.7. The highest BCUT2D eigenvalue weighted by Gasteiger charge is 2.26. The molecule has 0 spiro atoms. The first-order chi connectivity index (χ1) is 13.3. The molecule has 28 heavy (non-hydrogen) atoms. The van der Waals surface area contributed by atoms with Crippen LogP contribution in [0.5, 0.6) is 0 Å². The quantitative estimate of drug-likeness (QED) is 0.838. The molecule has 2 N–H and O–H groups in total. The highest BCUT2D eigenvalue weighted by Crippen LogP contribution is 2.23. The van der Waals surface area contributed by atoms with Gasteiger partial charge in [0, 0.05) is 31.2 Å². The summed E-state index contributed by atoms with van der Waals surface area (Å²) in [5.74, 6) is -0.622. The van der Waals surface area contributed by atoms with E-state index in [1.807, 2.05) is 4.90 Å². The lowest BCUT2D eigenvalue weighted by Gasteiger charge is -2.36. The zero-order valence-corrected chi connectivity index (χ0v) is 16.5. The first kappa shape index (κ1) is 20.0. The molecule has 148 valence electrons. The molecule has 0 atom stereocenters. The van der Waals surface area contributed by atoms with Crippen molar-refractivity contribution in [3.8, 4) is 0 Å². The van der Waals surface area contributed by atoms with E-state index in [9.17, 15) is 14.0 Å². The molecule has 2 amide bonds. The smallest absolute Gasteiger partial charge is 0.252 e. The van der Waals surface area contributed by atoms with Crippen LogP contribution in [0, 0.1) is 19.7 Å². The summed E-state index contributed by atoms with van der Waals surface area (Å²) in [6, 6.07) is 4.01. The van der Waals surface area contributed by atoms with E-state index in [1.54, 1.807) is 18.7 Å². The first-order valence-electron chi connectivity index (χ1n) is 8.88. The molecule has 0 radical (unpaired) electrons. The van der Waals surface area contributed by atoms with E-state index in [1.165, 1.54) is 18.2 Å². The van der Waals surface area contributed by atoms with Crippen LogP contribution in [0.1, 0.15) is 27.2 Å². The van der Waals surface area contributed by atoms with E-state index in [2.05, 4.69) is 10.2 Å². The number of aryl methyl sites for hydroxylation is 1. The fourth-order valence-electron chi connectivity index (χ4n) is 3.22. The Morgan fingerprint density at radius 1 is 1.18 bits per heavy atom. The van der Waals surface area contributed by atoms with E-state index in [4.69, 9.17) is 17.3 Å². The van der Waals surface area contributed by atoms with Gasteiger partial charge in [0.1, 0.15) is 5.82 Å². The number of nitrogens with zero attached hydrogens (tertiary/aromatic N) is 4. The van der Waals surface area contributed by atoms with Crippen LogP contribution >= 0.6 is 11.6 Å². The predicted molar refractivity (Wildman–Crippen MR) is 104 cm³/mol. The van der Waals surface area contributed by atoms with Gasteiger partial charge in [0.2, 0.25) is 5.91 Å². The molecule has 0 aliphatic carbocycles. The maximum atomic E-state index is 13.2. The Morgan fingerprint density at radius 2 is 1.86 bits per heavy atom. The normalized spacial score (nSPS) is 14.3. The van der Waals surface area contributed by atoms with Gasteiger partial charge in [-0.05, 0) is 37.1 Å². The minimum absolute atomic E-state index is 0.0885. The molecule has 1 fully saturated rings. The van der Waals surface area contributed by atoms with Crippen LogP contribution in [-0.2, 0) is 11.2 Å². The SMILES string of the molecule is Cc1nnc(N2CCN(C(=O)Cc3ccc(F)cc3Cl)CC2)c(C(N)=O)c1C. The van der Waals surface area contributed by atoms with E-state index in [0.717, 1.165) is 0 Å². The van der Waals surface area contributed by atoms with Crippen LogP contribution in [0.3, 0.4) is 0 Å². The molecule has 3 rings (SSSR count). The molecule has 2 aromatic rings. The van der Waals surface area contributed by atoms with Crippen LogP contribution in [0.4, 0.5) is 10.2 Å². The molecule has 1 aromatic heterocycles. The van der Waals surface area contributed by atoms with E-state index < -0.39 is 11.7 Å². The highest BCUT2D eigenvalue weighted by molar-refractivity contribution is 6.31. The van der Waals surface area contributed by atoms with Crippen molar-refractivity contribution in [1.82, 2.24) is 15.1 Å².